The smallest absolute Gasteiger partial charge is 0.323 e. The summed E-state index contributed by atoms with van der Waals surface area (Å²) in [5.41, 5.74) is -1.20. The lowest BCUT2D eigenvalue weighted by Gasteiger charge is -2.21. The molecule has 0 aliphatic carbocycles. The molecule has 1 rings (SSSR count). The maximum atomic E-state index is 12.1. The number of imide groups is 1. The molecule has 1 fully saturated rings. The lowest BCUT2D eigenvalue weighted by atomic mass is 9.96. The van der Waals surface area contributed by atoms with Crippen LogP contribution in [0.25, 0.3) is 0 Å². The molecule has 7 heteroatoms. The lowest BCUT2D eigenvalue weighted by molar-refractivity contribution is -0.154. The second kappa shape index (κ2) is 3.95. The molecule has 1 atom stereocenters. The van der Waals surface area contributed by atoms with Gasteiger partial charge in [0.1, 0.15) is 12.1 Å². The van der Waals surface area contributed by atoms with Crippen molar-refractivity contribution in [2.75, 3.05) is 6.54 Å². The Bertz CT molecular complexity index is 316. The molecule has 0 radical (unpaired) electrons. The van der Waals surface area contributed by atoms with Gasteiger partial charge in [0.25, 0.3) is 5.91 Å². The summed E-state index contributed by atoms with van der Waals surface area (Å²) in [5.74, 6) is -0.809. The van der Waals surface area contributed by atoms with E-state index in [1.165, 1.54) is 6.92 Å². The Balaban J connectivity index is 2.83. The van der Waals surface area contributed by atoms with Gasteiger partial charge < -0.3 is 5.32 Å². The molecule has 0 aromatic carbocycles. The second-order valence-corrected chi connectivity index (χ2v) is 4.02. The Morgan fingerprint density at radius 3 is 2.38 bits per heavy atom. The number of urea groups is 1. The monoisotopic (exact) mass is 238 g/mol. The largest absolute Gasteiger partial charge is 0.406 e. The maximum Gasteiger partial charge on any atom is 0.406 e. The third-order valence-corrected chi connectivity index (χ3v) is 2.43. The minimum atomic E-state index is -4.57. The zero-order chi connectivity index (χ0) is 12.6. The van der Waals surface area contributed by atoms with Crippen molar-refractivity contribution >= 4 is 11.9 Å². The highest BCUT2D eigenvalue weighted by molar-refractivity contribution is 6.06. The standard InChI is InChI=1S/C9H13F3N2O2/c1-3-4-8(2)6(15)14(7(16)13-8)5-9(10,11)12/h3-5H2,1-2H3,(H,13,16). The summed E-state index contributed by atoms with van der Waals surface area (Å²) in [6.45, 7) is 1.70. The summed E-state index contributed by atoms with van der Waals surface area (Å²) in [6.07, 6.45) is -3.64. The molecule has 1 aliphatic heterocycles. The number of hydrogen-bond donors (Lipinski definition) is 1. The molecule has 0 bridgehead atoms. The summed E-state index contributed by atoms with van der Waals surface area (Å²) in [6, 6.07) is -0.974. The van der Waals surface area contributed by atoms with Gasteiger partial charge in [-0.05, 0) is 13.3 Å². The van der Waals surface area contributed by atoms with Crippen molar-refractivity contribution in [3.8, 4) is 0 Å². The number of amides is 3. The van der Waals surface area contributed by atoms with Gasteiger partial charge >= 0.3 is 12.2 Å². The van der Waals surface area contributed by atoms with Crippen LogP contribution in [0.1, 0.15) is 26.7 Å². The Morgan fingerprint density at radius 1 is 1.38 bits per heavy atom. The van der Waals surface area contributed by atoms with E-state index in [2.05, 4.69) is 5.32 Å². The van der Waals surface area contributed by atoms with Gasteiger partial charge in [0, 0.05) is 0 Å². The molecule has 3 amide bonds. The zero-order valence-electron chi connectivity index (χ0n) is 9.02. The Labute approximate surface area is 90.8 Å². The third-order valence-electron chi connectivity index (χ3n) is 2.43. The van der Waals surface area contributed by atoms with Crippen LogP contribution in [-0.2, 0) is 4.79 Å². The second-order valence-electron chi connectivity index (χ2n) is 4.02. The van der Waals surface area contributed by atoms with E-state index in [0.29, 0.717) is 12.8 Å². The van der Waals surface area contributed by atoms with E-state index in [0.717, 1.165) is 0 Å². The Hall–Kier alpha value is -1.27. The van der Waals surface area contributed by atoms with Crippen molar-refractivity contribution < 1.29 is 22.8 Å². The summed E-state index contributed by atoms with van der Waals surface area (Å²) in [5, 5.41) is 2.29. The van der Waals surface area contributed by atoms with Gasteiger partial charge in [0.2, 0.25) is 0 Å². The number of carbonyl (C=O) groups excluding carboxylic acids is 2. The molecule has 1 heterocycles. The first-order valence-electron chi connectivity index (χ1n) is 4.90. The minimum absolute atomic E-state index is 0.218. The first kappa shape index (κ1) is 12.8. The summed E-state index contributed by atoms with van der Waals surface area (Å²) < 4.78 is 36.4. The van der Waals surface area contributed by atoms with Crippen LogP contribution in [0.3, 0.4) is 0 Å². The minimum Gasteiger partial charge on any atom is -0.323 e. The van der Waals surface area contributed by atoms with Crippen molar-refractivity contribution in [3.05, 3.63) is 0 Å². The van der Waals surface area contributed by atoms with Crippen LogP contribution in [-0.4, -0.2) is 35.1 Å². The van der Waals surface area contributed by atoms with E-state index in [9.17, 15) is 22.8 Å². The predicted molar refractivity (Wildman–Crippen MR) is 49.6 cm³/mol. The molecular weight excluding hydrogens is 225 g/mol. The van der Waals surface area contributed by atoms with Gasteiger partial charge in [-0.15, -0.1) is 0 Å². The first-order valence-corrected chi connectivity index (χ1v) is 4.90. The topological polar surface area (TPSA) is 49.4 Å². The number of rotatable bonds is 3. The third kappa shape index (κ3) is 2.45. The summed E-state index contributed by atoms with van der Waals surface area (Å²) >= 11 is 0. The van der Waals surface area contributed by atoms with Crippen LogP contribution < -0.4 is 5.32 Å². The highest BCUT2D eigenvalue weighted by Crippen LogP contribution is 2.26. The number of hydrogen-bond acceptors (Lipinski definition) is 2. The molecule has 4 nitrogen and oxygen atoms in total. The molecule has 0 spiro atoms. The number of alkyl halides is 3. The fourth-order valence-electron chi connectivity index (χ4n) is 1.74. The molecule has 92 valence electrons. The van der Waals surface area contributed by atoms with E-state index in [4.69, 9.17) is 0 Å². The van der Waals surface area contributed by atoms with Crippen molar-refractivity contribution in [3.63, 3.8) is 0 Å². The Kier molecular flexibility index (Phi) is 3.16. The highest BCUT2D eigenvalue weighted by atomic mass is 19.4. The van der Waals surface area contributed by atoms with Crippen molar-refractivity contribution in [1.82, 2.24) is 10.2 Å². The number of nitrogens with zero attached hydrogens (tertiary/aromatic N) is 1. The van der Waals surface area contributed by atoms with Crippen LogP contribution in [0.15, 0.2) is 0 Å². The first-order chi connectivity index (χ1) is 7.19. The zero-order valence-corrected chi connectivity index (χ0v) is 9.02. The lowest BCUT2D eigenvalue weighted by Crippen LogP contribution is -2.44. The molecule has 0 saturated carbocycles. The fraction of sp³-hybridized carbons (Fsp3) is 0.778. The average molecular weight is 238 g/mol. The van der Waals surface area contributed by atoms with Gasteiger partial charge in [-0.3, -0.25) is 9.69 Å². The van der Waals surface area contributed by atoms with Gasteiger partial charge in [-0.25, -0.2) is 4.79 Å². The van der Waals surface area contributed by atoms with Crippen molar-refractivity contribution in [2.45, 2.75) is 38.4 Å². The van der Waals surface area contributed by atoms with Crippen molar-refractivity contribution in [2.24, 2.45) is 0 Å². The fourth-order valence-corrected chi connectivity index (χ4v) is 1.74. The predicted octanol–water partition coefficient (Wildman–Crippen LogP) is 1.66. The average Bonchev–Trinajstić information content (AvgIpc) is 2.28. The Morgan fingerprint density at radius 2 is 1.94 bits per heavy atom. The van der Waals surface area contributed by atoms with E-state index in [-0.39, 0.29) is 4.90 Å². The van der Waals surface area contributed by atoms with Crippen LogP contribution in [0.5, 0.6) is 0 Å². The normalized spacial score (nSPS) is 26.2. The summed E-state index contributed by atoms with van der Waals surface area (Å²) in [4.78, 5) is 23.1. The van der Waals surface area contributed by atoms with E-state index < -0.39 is 30.2 Å². The van der Waals surface area contributed by atoms with Gasteiger partial charge in [-0.2, -0.15) is 13.2 Å². The van der Waals surface area contributed by atoms with Crippen LogP contribution >= 0.6 is 0 Å². The molecular formula is C9H13F3N2O2. The summed E-state index contributed by atoms with van der Waals surface area (Å²) in [7, 11) is 0. The molecule has 16 heavy (non-hydrogen) atoms. The van der Waals surface area contributed by atoms with Crippen LogP contribution in [0.4, 0.5) is 18.0 Å². The molecule has 1 aliphatic rings. The van der Waals surface area contributed by atoms with E-state index in [1.54, 1.807) is 6.92 Å². The quantitative estimate of drug-likeness (QED) is 0.760. The maximum absolute atomic E-state index is 12.1. The van der Waals surface area contributed by atoms with Gasteiger partial charge in [0.15, 0.2) is 0 Å². The number of carbonyl (C=O) groups is 2. The number of halogens is 3. The van der Waals surface area contributed by atoms with Crippen molar-refractivity contribution in [1.29, 1.82) is 0 Å². The highest BCUT2D eigenvalue weighted by Gasteiger charge is 2.50. The van der Waals surface area contributed by atoms with Gasteiger partial charge in [0.05, 0.1) is 0 Å². The molecule has 1 saturated heterocycles. The van der Waals surface area contributed by atoms with E-state index in [1.807, 2.05) is 0 Å². The number of nitrogens with one attached hydrogen (secondary N) is 1. The SMILES string of the molecule is CCCC1(C)NC(=O)N(CC(F)(F)F)C1=O. The van der Waals surface area contributed by atoms with E-state index >= 15 is 0 Å². The molecule has 1 N–H and O–H groups in total. The van der Waals surface area contributed by atoms with Crippen LogP contribution in [0, 0.1) is 0 Å². The molecule has 0 aromatic heterocycles. The van der Waals surface area contributed by atoms with Crippen LogP contribution in [0.2, 0.25) is 0 Å². The molecule has 1 unspecified atom stereocenters. The molecule has 0 aromatic rings. The van der Waals surface area contributed by atoms with Gasteiger partial charge in [-0.1, -0.05) is 13.3 Å².